The van der Waals surface area contributed by atoms with Crippen LogP contribution in [0.25, 0.3) is 0 Å². The monoisotopic (exact) mass is 245 g/mol. The Morgan fingerprint density at radius 3 is 2.72 bits per heavy atom. The molecule has 96 valence electrons. The van der Waals surface area contributed by atoms with E-state index < -0.39 is 0 Å². The van der Waals surface area contributed by atoms with Gasteiger partial charge in [0.05, 0.1) is 17.9 Å². The predicted octanol–water partition coefficient (Wildman–Crippen LogP) is 1.70. The van der Waals surface area contributed by atoms with Gasteiger partial charge in [0.2, 0.25) is 0 Å². The topological polar surface area (TPSA) is 55.6 Å². The molecule has 0 radical (unpaired) electrons. The summed E-state index contributed by atoms with van der Waals surface area (Å²) < 4.78 is 1.91. The zero-order valence-corrected chi connectivity index (χ0v) is 11.1. The highest BCUT2D eigenvalue weighted by molar-refractivity contribution is 5.25. The maximum Gasteiger partial charge on any atom is 0.0802 e. The Bertz CT molecular complexity index is 488. The average molecular weight is 245 g/mol. The summed E-state index contributed by atoms with van der Waals surface area (Å²) in [6.45, 7) is 7.84. The summed E-state index contributed by atoms with van der Waals surface area (Å²) in [7, 11) is 0. The molecule has 1 N–H and O–H groups in total. The Labute approximate surface area is 107 Å². The summed E-state index contributed by atoms with van der Waals surface area (Å²) in [5, 5.41) is 11.5. The predicted molar refractivity (Wildman–Crippen MR) is 70.2 cm³/mol. The van der Waals surface area contributed by atoms with Gasteiger partial charge in [0.1, 0.15) is 0 Å². The molecule has 0 aliphatic heterocycles. The lowest BCUT2D eigenvalue weighted by atomic mass is 10.1. The van der Waals surface area contributed by atoms with Crippen molar-refractivity contribution >= 4 is 0 Å². The SMILES string of the molecule is CCNC(c1ccc(C)nc1)c1cnnn1CC. The second kappa shape index (κ2) is 5.73. The largest absolute Gasteiger partial charge is 0.305 e. The van der Waals surface area contributed by atoms with E-state index in [2.05, 4.69) is 40.5 Å². The van der Waals surface area contributed by atoms with Crippen LogP contribution < -0.4 is 5.32 Å². The summed E-state index contributed by atoms with van der Waals surface area (Å²) in [6, 6.07) is 4.22. The van der Waals surface area contributed by atoms with Crippen molar-refractivity contribution in [3.8, 4) is 0 Å². The number of pyridine rings is 1. The van der Waals surface area contributed by atoms with Crippen molar-refractivity contribution in [2.45, 2.75) is 33.4 Å². The maximum atomic E-state index is 4.36. The number of nitrogens with zero attached hydrogens (tertiary/aromatic N) is 4. The molecule has 5 nitrogen and oxygen atoms in total. The molecule has 0 saturated carbocycles. The molecule has 0 amide bonds. The Morgan fingerprint density at radius 1 is 1.28 bits per heavy atom. The summed E-state index contributed by atoms with van der Waals surface area (Å²) in [5.74, 6) is 0. The summed E-state index contributed by atoms with van der Waals surface area (Å²) in [4.78, 5) is 4.36. The van der Waals surface area contributed by atoms with Crippen LogP contribution in [-0.4, -0.2) is 26.5 Å². The van der Waals surface area contributed by atoms with Gasteiger partial charge in [-0.3, -0.25) is 4.98 Å². The lowest BCUT2D eigenvalue weighted by Crippen LogP contribution is -2.25. The number of nitrogens with one attached hydrogen (secondary N) is 1. The van der Waals surface area contributed by atoms with E-state index in [0.29, 0.717) is 0 Å². The zero-order chi connectivity index (χ0) is 13.0. The van der Waals surface area contributed by atoms with E-state index in [1.165, 1.54) is 0 Å². The van der Waals surface area contributed by atoms with Crippen molar-refractivity contribution in [3.63, 3.8) is 0 Å². The van der Waals surface area contributed by atoms with Crippen molar-refractivity contribution in [2.75, 3.05) is 6.54 Å². The Balaban J connectivity index is 2.36. The van der Waals surface area contributed by atoms with Gasteiger partial charge in [-0.25, -0.2) is 4.68 Å². The third-order valence-electron chi connectivity index (χ3n) is 2.92. The highest BCUT2D eigenvalue weighted by Crippen LogP contribution is 2.20. The molecule has 1 unspecified atom stereocenters. The smallest absolute Gasteiger partial charge is 0.0802 e. The van der Waals surface area contributed by atoms with Gasteiger partial charge in [0.15, 0.2) is 0 Å². The number of aryl methyl sites for hydroxylation is 2. The van der Waals surface area contributed by atoms with E-state index in [1.54, 1.807) is 0 Å². The van der Waals surface area contributed by atoms with Crippen molar-refractivity contribution in [3.05, 3.63) is 41.5 Å². The third kappa shape index (κ3) is 2.56. The van der Waals surface area contributed by atoms with E-state index in [-0.39, 0.29) is 6.04 Å². The van der Waals surface area contributed by atoms with Crippen LogP contribution in [0.15, 0.2) is 24.5 Å². The zero-order valence-electron chi connectivity index (χ0n) is 11.1. The van der Waals surface area contributed by atoms with Crippen LogP contribution in [0.5, 0.6) is 0 Å². The van der Waals surface area contributed by atoms with Gasteiger partial charge >= 0.3 is 0 Å². The maximum absolute atomic E-state index is 4.36. The molecular formula is C13H19N5. The van der Waals surface area contributed by atoms with Crippen molar-refractivity contribution in [1.82, 2.24) is 25.3 Å². The molecule has 2 rings (SSSR count). The molecule has 1 atom stereocenters. The second-order valence-electron chi connectivity index (χ2n) is 4.20. The van der Waals surface area contributed by atoms with Gasteiger partial charge in [0.25, 0.3) is 0 Å². The minimum atomic E-state index is 0.0954. The molecule has 2 heterocycles. The first-order valence-electron chi connectivity index (χ1n) is 6.30. The number of hydrogen-bond donors (Lipinski definition) is 1. The molecule has 0 aromatic carbocycles. The molecule has 18 heavy (non-hydrogen) atoms. The summed E-state index contributed by atoms with van der Waals surface area (Å²) in [6.07, 6.45) is 3.73. The first-order chi connectivity index (χ1) is 8.76. The Hall–Kier alpha value is -1.75. The van der Waals surface area contributed by atoms with Crippen LogP contribution >= 0.6 is 0 Å². The van der Waals surface area contributed by atoms with Crippen LogP contribution in [0.2, 0.25) is 0 Å². The Morgan fingerprint density at radius 2 is 2.11 bits per heavy atom. The second-order valence-corrected chi connectivity index (χ2v) is 4.20. The van der Waals surface area contributed by atoms with E-state index >= 15 is 0 Å². The molecule has 2 aromatic rings. The number of rotatable bonds is 5. The van der Waals surface area contributed by atoms with E-state index in [9.17, 15) is 0 Å². The molecule has 0 aliphatic rings. The first kappa shape index (κ1) is 12.7. The van der Waals surface area contributed by atoms with Gasteiger partial charge in [0, 0.05) is 18.4 Å². The minimum Gasteiger partial charge on any atom is -0.305 e. The van der Waals surface area contributed by atoms with Crippen LogP contribution in [0.1, 0.15) is 36.8 Å². The average Bonchev–Trinajstić information content (AvgIpc) is 2.85. The van der Waals surface area contributed by atoms with Crippen molar-refractivity contribution < 1.29 is 0 Å². The van der Waals surface area contributed by atoms with Gasteiger partial charge in [-0.15, -0.1) is 5.10 Å². The minimum absolute atomic E-state index is 0.0954. The van der Waals surface area contributed by atoms with Gasteiger partial charge in [-0.1, -0.05) is 18.2 Å². The van der Waals surface area contributed by atoms with Crippen LogP contribution in [0.3, 0.4) is 0 Å². The first-order valence-corrected chi connectivity index (χ1v) is 6.30. The molecule has 0 saturated heterocycles. The number of hydrogen-bond acceptors (Lipinski definition) is 4. The summed E-state index contributed by atoms with van der Waals surface area (Å²) >= 11 is 0. The fourth-order valence-electron chi connectivity index (χ4n) is 1.98. The van der Waals surface area contributed by atoms with Crippen LogP contribution in [-0.2, 0) is 6.54 Å². The molecule has 0 spiro atoms. The lowest BCUT2D eigenvalue weighted by Gasteiger charge is -2.18. The molecule has 5 heteroatoms. The van der Waals surface area contributed by atoms with Crippen LogP contribution in [0, 0.1) is 6.92 Å². The normalized spacial score (nSPS) is 12.6. The molecule has 2 aromatic heterocycles. The van der Waals surface area contributed by atoms with Crippen molar-refractivity contribution in [1.29, 1.82) is 0 Å². The third-order valence-corrected chi connectivity index (χ3v) is 2.92. The highest BCUT2D eigenvalue weighted by atomic mass is 15.4. The molecule has 0 fully saturated rings. The van der Waals surface area contributed by atoms with Gasteiger partial charge < -0.3 is 5.32 Å². The number of aromatic nitrogens is 4. The van der Waals surface area contributed by atoms with E-state index in [1.807, 2.05) is 30.1 Å². The molecule has 0 bridgehead atoms. The fraction of sp³-hybridized carbons (Fsp3) is 0.462. The van der Waals surface area contributed by atoms with Crippen molar-refractivity contribution in [2.24, 2.45) is 0 Å². The van der Waals surface area contributed by atoms with E-state index in [4.69, 9.17) is 0 Å². The standard InChI is InChI=1S/C13H19N5/c1-4-14-13(11-7-6-10(3)15-8-11)12-9-16-17-18(12)5-2/h6-9,13-14H,4-5H2,1-3H3. The fourth-order valence-corrected chi connectivity index (χ4v) is 1.98. The summed E-state index contributed by atoms with van der Waals surface area (Å²) in [5.41, 5.74) is 3.24. The van der Waals surface area contributed by atoms with E-state index in [0.717, 1.165) is 30.0 Å². The lowest BCUT2D eigenvalue weighted by molar-refractivity contribution is 0.534. The van der Waals surface area contributed by atoms with Gasteiger partial charge in [-0.2, -0.15) is 0 Å². The molecular weight excluding hydrogens is 226 g/mol. The van der Waals surface area contributed by atoms with Crippen LogP contribution in [0.4, 0.5) is 0 Å². The molecule has 0 aliphatic carbocycles. The Kier molecular flexibility index (Phi) is 4.04. The van der Waals surface area contributed by atoms with Gasteiger partial charge in [-0.05, 0) is 32.0 Å². The quantitative estimate of drug-likeness (QED) is 0.871. The highest BCUT2D eigenvalue weighted by Gasteiger charge is 2.17.